The van der Waals surface area contributed by atoms with Gasteiger partial charge in [-0.05, 0) is 23.6 Å². The van der Waals surface area contributed by atoms with Gasteiger partial charge >= 0.3 is 13.1 Å². The van der Waals surface area contributed by atoms with Gasteiger partial charge in [0.2, 0.25) is 5.91 Å². The largest absolute Gasteiger partial charge is 0.478 e. The lowest BCUT2D eigenvalue weighted by Gasteiger charge is -2.17. The Labute approximate surface area is 136 Å². The highest BCUT2D eigenvalue weighted by molar-refractivity contribution is 7.10. The summed E-state index contributed by atoms with van der Waals surface area (Å²) in [6, 6.07) is 6.50. The minimum absolute atomic E-state index is 0.0385. The Morgan fingerprint density at radius 2 is 2.09 bits per heavy atom. The quantitative estimate of drug-likeness (QED) is 0.534. The van der Waals surface area contributed by atoms with Gasteiger partial charge in [-0.15, -0.1) is 11.3 Å². The number of rotatable bonds is 7. The zero-order valence-corrected chi connectivity index (χ0v) is 12.9. The number of hydrogen-bond donors (Lipinski definition) is 4. The van der Waals surface area contributed by atoms with Crippen molar-refractivity contribution in [2.24, 2.45) is 0 Å². The number of thiophene rings is 1. The molecule has 4 N–H and O–H groups in total. The summed E-state index contributed by atoms with van der Waals surface area (Å²) in [6.45, 7) is 0. The van der Waals surface area contributed by atoms with Crippen LogP contribution in [0.3, 0.4) is 0 Å². The third-order valence-electron chi connectivity index (χ3n) is 3.12. The summed E-state index contributed by atoms with van der Waals surface area (Å²) in [5.41, 5.74) is 0.487. The Bertz CT molecular complexity index is 660. The number of nitrogens with zero attached hydrogens (tertiary/aromatic N) is 1. The van der Waals surface area contributed by atoms with E-state index in [2.05, 4.69) is 10.3 Å². The summed E-state index contributed by atoms with van der Waals surface area (Å²) in [4.78, 5) is 27.5. The lowest BCUT2D eigenvalue weighted by atomic mass is 9.76. The average molecular weight is 334 g/mol. The Morgan fingerprint density at radius 3 is 2.61 bits per heavy atom. The van der Waals surface area contributed by atoms with Crippen molar-refractivity contribution in [3.8, 4) is 0 Å². The molecule has 7 nitrogen and oxygen atoms in total. The molecule has 0 aliphatic heterocycles. The SMILES string of the molecule is O=C(Cc1cccs1)N[C@@H](Cc1ccc(C(=O)O)cn1)B(O)O. The van der Waals surface area contributed by atoms with Crippen molar-refractivity contribution in [1.82, 2.24) is 10.3 Å². The summed E-state index contributed by atoms with van der Waals surface area (Å²) in [7, 11) is -1.75. The minimum atomic E-state index is -1.75. The second-order valence-electron chi connectivity index (χ2n) is 4.89. The minimum Gasteiger partial charge on any atom is -0.478 e. The molecule has 1 amide bonds. The highest BCUT2D eigenvalue weighted by Gasteiger charge is 2.26. The molecule has 0 saturated carbocycles. The van der Waals surface area contributed by atoms with Crippen LogP contribution in [0.15, 0.2) is 35.8 Å². The smallest absolute Gasteiger partial charge is 0.475 e. The number of carbonyl (C=O) groups is 2. The van der Waals surface area contributed by atoms with Crippen molar-refractivity contribution in [2.45, 2.75) is 18.8 Å². The third kappa shape index (κ3) is 5.17. The molecule has 1 atom stereocenters. The van der Waals surface area contributed by atoms with Crippen LogP contribution in [-0.2, 0) is 17.6 Å². The molecule has 0 unspecified atom stereocenters. The summed E-state index contributed by atoms with van der Waals surface area (Å²) in [5, 5.41) is 32.0. The maximum absolute atomic E-state index is 11.9. The lowest BCUT2D eigenvalue weighted by molar-refractivity contribution is -0.120. The van der Waals surface area contributed by atoms with E-state index in [4.69, 9.17) is 5.11 Å². The molecule has 0 bridgehead atoms. The standard InChI is InChI=1S/C14H15BN2O5S/c18-13(7-11-2-1-5-23-11)17-12(15(21)22)6-10-4-3-9(8-16-10)14(19)20/h1-5,8,12,21-22H,6-7H2,(H,17,18)(H,19,20)/t12-/m0/s1. The number of carbonyl (C=O) groups excluding carboxylic acids is 1. The molecule has 0 aliphatic carbocycles. The molecule has 0 aliphatic rings. The Balaban J connectivity index is 1.98. The van der Waals surface area contributed by atoms with Crippen LogP contribution in [0, 0.1) is 0 Å². The van der Waals surface area contributed by atoms with Crippen LogP contribution in [0.2, 0.25) is 0 Å². The second kappa shape index (κ2) is 7.86. The zero-order valence-electron chi connectivity index (χ0n) is 12.0. The lowest BCUT2D eigenvalue weighted by Crippen LogP contribution is -2.48. The van der Waals surface area contributed by atoms with E-state index < -0.39 is 19.0 Å². The van der Waals surface area contributed by atoms with E-state index in [9.17, 15) is 19.6 Å². The van der Waals surface area contributed by atoms with Gasteiger partial charge in [0, 0.05) is 23.2 Å². The first-order valence-corrected chi connectivity index (χ1v) is 7.70. The first-order chi connectivity index (χ1) is 11.0. The van der Waals surface area contributed by atoms with Crippen molar-refractivity contribution in [1.29, 1.82) is 0 Å². The van der Waals surface area contributed by atoms with Crippen molar-refractivity contribution < 1.29 is 24.7 Å². The summed E-state index contributed by atoms with van der Waals surface area (Å²) in [5.74, 6) is -2.34. The van der Waals surface area contributed by atoms with Crippen LogP contribution in [0.25, 0.3) is 0 Å². The Hall–Kier alpha value is -2.23. The van der Waals surface area contributed by atoms with E-state index >= 15 is 0 Å². The molecule has 2 heterocycles. The van der Waals surface area contributed by atoms with Crippen LogP contribution in [0.1, 0.15) is 20.9 Å². The molecule has 120 valence electrons. The van der Waals surface area contributed by atoms with Gasteiger partial charge in [0.1, 0.15) is 0 Å². The maximum Gasteiger partial charge on any atom is 0.475 e. The number of pyridine rings is 1. The van der Waals surface area contributed by atoms with Gasteiger partial charge in [0.15, 0.2) is 0 Å². The zero-order chi connectivity index (χ0) is 16.8. The predicted octanol–water partition coefficient (Wildman–Crippen LogP) is 0.123. The van der Waals surface area contributed by atoms with E-state index in [1.165, 1.54) is 29.7 Å². The molecule has 0 radical (unpaired) electrons. The van der Waals surface area contributed by atoms with Crippen LogP contribution >= 0.6 is 11.3 Å². The van der Waals surface area contributed by atoms with Crippen LogP contribution < -0.4 is 5.32 Å². The second-order valence-corrected chi connectivity index (χ2v) is 5.92. The third-order valence-corrected chi connectivity index (χ3v) is 4.00. The molecule has 0 saturated heterocycles. The molecule has 2 rings (SSSR count). The van der Waals surface area contributed by atoms with E-state index in [1.54, 1.807) is 0 Å². The fraction of sp³-hybridized carbons (Fsp3) is 0.214. The van der Waals surface area contributed by atoms with Crippen molar-refractivity contribution in [3.05, 3.63) is 52.0 Å². The summed E-state index contributed by atoms with van der Waals surface area (Å²) >= 11 is 1.44. The highest BCUT2D eigenvalue weighted by atomic mass is 32.1. The number of amides is 1. The number of aromatic carboxylic acids is 1. The molecule has 2 aromatic heterocycles. The first-order valence-electron chi connectivity index (χ1n) is 6.82. The average Bonchev–Trinajstić information content (AvgIpc) is 2.99. The van der Waals surface area contributed by atoms with Gasteiger partial charge in [0.25, 0.3) is 0 Å². The maximum atomic E-state index is 11.9. The molecule has 2 aromatic rings. The number of nitrogens with one attached hydrogen (secondary N) is 1. The van der Waals surface area contributed by atoms with Crippen LogP contribution in [0.4, 0.5) is 0 Å². The molecular formula is C14H15BN2O5S. The number of aromatic nitrogens is 1. The van der Waals surface area contributed by atoms with Gasteiger partial charge in [-0.1, -0.05) is 6.07 Å². The molecule has 0 spiro atoms. The Kier molecular flexibility index (Phi) is 5.86. The molecule has 9 heteroatoms. The van der Waals surface area contributed by atoms with E-state index in [0.29, 0.717) is 5.69 Å². The first kappa shape index (κ1) is 17.1. The topological polar surface area (TPSA) is 120 Å². The van der Waals surface area contributed by atoms with Gasteiger partial charge in [-0.2, -0.15) is 0 Å². The predicted molar refractivity (Wildman–Crippen MR) is 85.0 cm³/mol. The fourth-order valence-corrected chi connectivity index (χ4v) is 2.66. The van der Waals surface area contributed by atoms with E-state index in [-0.39, 0.29) is 24.3 Å². The van der Waals surface area contributed by atoms with E-state index in [0.717, 1.165) is 4.88 Å². The number of hydrogen-bond acceptors (Lipinski definition) is 6. The number of carboxylic acid groups (broad SMARTS) is 1. The van der Waals surface area contributed by atoms with E-state index in [1.807, 2.05) is 17.5 Å². The fourth-order valence-electron chi connectivity index (χ4n) is 1.96. The summed E-state index contributed by atoms with van der Waals surface area (Å²) in [6.07, 6.45) is 1.42. The van der Waals surface area contributed by atoms with Crippen molar-refractivity contribution in [3.63, 3.8) is 0 Å². The van der Waals surface area contributed by atoms with Crippen LogP contribution in [0.5, 0.6) is 0 Å². The molecular weight excluding hydrogens is 319 g/mol. The van der Waals surface area contributed by atoms with Gasteiger partial charge < -0.3 is 20.5 Å². The highest BCUT2D eigenvalue weighted by Crippen LogP contribution is 2.10. The number of carboxylic acids is 1. The molecule has 0 aromatic carbocycles. The van der Waals surface area contributed by atoms with Crippen molar-refractivity contribution >= 4 is 30.3 Å². The van der Waals surface area contributed by atoms with Crippen molar-refractivity contribution in [2.75, 3.05) is 0 Å². The monoisotopic (exact) mass is 334 g/mol. The normalized spacial score (nSPS) is 11.7. The van der Waals surface area contributed by atoms with Gasteiger partial charge in [-0.25, -0.2) is 4.79 Å². The summed E-state index contributed by atoms with van der Waals surface area (Å²) < 4.78 is 0. The molecule has 0 fully saturated rings. The van der Waals surface area contributed by atoms with Gasteiger partial charge in [-0.3, -0.25) is 9.78 Å². The van der Waals surface area contributed by atoms with Crippen LogP contribution in [-0.4, -0.2) is 45.1 Å². The van der Waals surface area contributed by atoms with Gasteiger partial charge in [0.05, 0.1) is 17.9 Å². The molecule has 23 heavy (non-hydrogen) atoms. The Morgan fingerprint density at radius 1 is 1.30 bits per heavy atom.